The van der Waals surface area contributed by atoms with Crippen LogP contribution in [0.2, 0.25) is 0 Å². The molecule has 246 valence electrons. The highest BCUT2D eigenvalue weighted by Gasteiger charge is 2.30. The number of aryl methyl sites for hydroxylation is 1. The summed E-state index contributed by atoms with van der Waals surface area (Å²) < 4.78 is 17.2. The number of nitrogens with one attached hydrogen (secondary N) is 3. The lowest BCUT2D eigenvalue weighted by Crippen LogP contribution is -2.40. The van der Waals surface area contributed by atoms with Crippen molar-refractivity contribution in [3.05, 3.63) is 75.5 Å². The molecule has 0 spiro atoms. The van der Waals surface area contributed by atoms with Gasteiger partial charge in [0.25, 0.3) is 0 Å². The van der Waals surface area contributed by atoms with Crippen molar-refractivity contribution in [1.82, 2.24) is 15.3 Å². The molecule has 12 heteroatoms. The summed E-state index contributed by atoms with van der Waals surface area (Å²) in [6.45, 7) is 5.40. The molecule has 2 aromatic carbocycles. The average Bonchev–Trinajstić information content (AvgIpc) is 3.42. The zero-order valence-corrected chi connectivity index (χ0v) is 28.1. The Bertz CT molecular complexity index is 1830. The van der Waals surface area contributed by atoms with E-state index in [1.54, 1.807) is 39.8 Å². The van der Waals surface area contributed by atoms with Gasteiger partial charge in [-0.3, -0.25) is 19.4 Å². The lowest BCUT2D eigenvalue weighted by molar-refractivity contribution is -0.120. The van der Waals surface area contributed by atoms with Crippen LogP contribution in [0.15, 0.2) is 59.0 Å². The molecule has 2 amide bonds. The van der Waals surface area contributed by atoms with Crippen molar-refractivity contribution >= 4 is 34.0 Å². The zero-order chi connectivity index (χ0) is 33.7. The molecule has 1 aliphatic carbocycles. The predicted octanol–water partition coefficient (Wildman–Crippen LogP) is 5.85. The van der Waals surface area contributed by atoms with E-state index in [9.17, 15) is 14.4 Å². The number of hydrogen-bond donors (Lipinski definition) is 3. The fourth-order valence-corrected chi connectivity index (χ4v) is 6.58. The van der Waals surface area contributed by atoms with Crippen LogP contribution in [0.5, 0.6) is 17.2 Å². The summed E-state index contributed by atoms with van der Waals surface area (Å²) in [4.78, 5) is 48.6. The molecule has 2 aromatic heterocycles. The summed E-state index contributed by atoms with van der Waals surface area (Å²) in [5.74, 6) is 0.760. The monoisotopic (exact) mass is 657 g/mol. The summed E-state index contributed by atoms with van der Waals surface area (Å²) in [6.07, 6.45) is 5.22. The first-order valence-corrected chi connectivity index (χ1v) is 16.3. The molecule has 5 rings (SSSR count). The van der Waals surface area contributed by atoms with Gasteiger partial charge in [-0.25, -0.2) is 4.98 Å². The van der Waals surface area contributed by atoms with E-state index in [0.29, 0.717) is 58.5 Å². The molecule has 47 heavy (non-hydrogen) atoms. The fourth-order valence-electron chi connectivity index (χ4n) is 5.86. The van der Waals surface area contributed by atoms with Gasteiger partial charge < -0.3 is 30.2 Å². The van der Waals surface area contributed by atoms with Crippen LogP contribution in [0, 0.1) is 5.92 Å². The lowest BCUT2D eigenvalue weighted by atomic mass is 9.95. The maximum absolute atomic E-state index is 13.9. The van der Waals surface area contributed by atoms with Crippen molar-refractivity contribution in [2.75, 3.05) is 32.0 Å². The molecule has 0 bridgehead atoms. The Balaban J connectivity index is 1.56. The van der Waals surface area contributed by atoms with Gasteiger partial charge in [0.05, 0.1) is 38.8 Å². The maximum Gasteiger partial charge on any atom is 0.248 e. The van der Waals surface area contributed by atoms with E-state index in [0.717, 1.165) is 16.7 Å². The minimum Gasteiger partial charge on any atom is -0.493 e. The third-order valence-corrected chi connectivity index (χ3v) is 9.17. The molecule has 11 nitrogen and oxygen atoms in total. The van der Waals surface area contributed by atoms with Gasteiger partial charge in [-0.05, 0) is 65.8 Å². The number of amides is 2. The van der Waals surface area contributed by atoms with Gasteiger partial charge in [0.1, 0.15) is 6.04 Å². The van der Waals surface area contributed by atoms with Crippen molar-refractivity contribution in [3.63, 3.8) is 0 Å². The normalized spacial score (nSPS) is 14.8. The van der Waals surface area contributed by atoms with E-state index < -0.39 is 12.1 Å². The van der Waals surface area contributed by atoms with Gasteiger partial charge in [-0.2, -0.15) is 0 Å². The number of methoxy groups -OCH3 is 3. The smallest absolute Gasteiger partial charge is 0.248 e. The van der Waals surface area contributed by atoms with Crippen molar-refractivity contribution in [1.29, 1.82) is 0 Å². The quantitative estimate of drug-likeness (QED) is 0.181. The van der Waals surface area contributed by atoms with Crippen LogP contribution in [0.3, 0.4) is 0 Å². The number of nitrogens with zero attached hydrogens (tertiary/aromatic N) is 2. The van der Waals surface area contributed by atoms with Crippen LogP contribution in [0.1, 0.15) is 50.8 Å². The third-order valence-electron chi connectivity index (χ3n) is 8.41. The van der Waals surface area contributed by atoms with Gasteiger partial charge in [0.2, 0.25) is 23.0 Å². The Morgan fingerprint density at radius 1 is 1.09 bits per heavy atom. The number of carbonyl (C=O) groups excluding carboxylic acids is 2. The molecule has 0 saturated carbocycles. The van der Waals surface area contributed by atoms with Crippen molar-refractivity contribution in [2.24, 2.45) is 5.92 Å². The predicted molar refractivity (Wildman–Crippen MR) is 184 cm³/mol. The summed E-state index contributed by atoms with van der Waals surface area (Å²) in [5.41, 5.74) is 4.50. The first-order chi connectivity index (χ1) is 22.7. The van der Waals surface area contributed by atoms with Crippen LogP contribution in [-0.4, -0.2) is 49.2 Å². The number of pyridine rings is 1. The number of aromatic nitrogens is 2. The molecule has 1 aliphatic rings. The van der Waals surface area contributed by atoms with Gasteiger partial charge in [-0.15, -0.1) is 11.3 Å². The summed E-state index contributed by atoms with van der Waals surface area (Å²) in [6, 6.07) is 9.51. The van der Waals surface area contributed by atoms with Crippen molar-refractivity contribution in [2.45, 2.75) is 52.1 Å². The summed E-state index contributed by atoms with van der Waals surface area (Å²) >= 11 is 1.32. The molecular formula is C35H39N5O6S. The number of carbonyl (C=O) groups is 2. The Hall–Kier alpha value is -4.97. The number of benzene rings is 1. The molecule has 4 aromatic rings. The second-order valence-corrected chi connectivity index (χ2v) is 12.2. The van der Waals surface area contributed by atoms with Crippen LogP contribution in [0.25, 0.3) is 22.4 Å². The van der Waals surface area contributed by atoms with Gasteiger partial charge >= 0.3 is 0 Å². The SMILES string of the molecule is CC[C@H](C)[C@@H](Nc1ccc2c(cc1=O)[C@@H](NC(C)=O)CCc1cc(OC)c(OC)c(OC)c1-2)C(=O)Nc1nc(-c2cccnc2)cs1. The molecule has 0 unspecified atom stereocenters. The Morgan fingerprint density at radius 3 is 2.53 bits per heavy atom. The number of hydrogen-bond acceptors (Lipinski definition) is 10. The standard InChI is InChI=1S/C35H39N5O6S/c1-7-19(2)31(34(43)40-35-39-27(18-47-35)22-9-8-14-36-17-22)38-26-13-11-23-24(16-28(26)42)25(37-20(3)41)12-10-21-15-29(44-4)32(45-5)33(46-6)30(21)23/h8-9,11,13-19,25,31H,7,10,12H2,1-6H3,(H,37,41)(H,38,42)(H,39,40,43)/t19-,25-,31+/m0/s1. The highest BCUT2D eigenvalue weighted by atomic mass is 32.1. The Kier molecular flexibility index (Phi) is 10.4. The Morgan fingerprint density at radius 2 is 1.87 bits per heavy atom. The molecule has 0 aliphatic heterocycles. The van der Waals surface area contributed by atoms with Crippen molar-refractivity contribution < 1.29 is 23.8 Å². The van der Waals surface area contributed by atoms with E-state index in [4.69, 9.17) is 14.2 Å². The van der Waals surface area contributed by atoms with Gasteiger partial charge in [-0.1, -0.05) is 26.3 Å². The highest BCUT2D eigenvalue weighted by molar-refractivity contribution is 7.14. The maximum atomic E-state index is 13.9. The van der Waals surface area contributed by atoms with E-state index >= 15 is 0 Å². The first kappa shape index (κ1) is 33.4. The fraction of sp³-hybridized carbons (Fsp3) is 0.343. The third kappa shape index (κ3) is 7.07. The minimum atomic E-state index is -0.738. The number of thiazole rings is 1. The molecule has 0 radical (unpaired) electrons. The molecule has 2 heterocycles. The Labute approximate surface area is 277 Å². The second kappa shape index (κ2) is 14.6. The highest BCUT2D eigenvalue weighted by Crippen LogP contribution is 2.50. The van der Waals surface area contributed by atoms with E-state index in [1.165, 1.54) is 24.3 Å². The number of fused-ring (bicyclic) bond motifs is 3. The van der Waals surface area contributed by atoms with Crippen molar-refractivity contribution in [3.8, 4) is 39.6 Å². The lowest BCUT2D eigenvalue weighted by Gasteiger charge is -2.23. The topological polar surface area (TPSA) is 141 Å². The van der Waals surface area contributed by atoms with E-state index in [-0.39, 0.29) is 28.8 Å². The first-order valence-electron chi connectivity index (χ1n) is 15.4. The van der Waals surface area contributed by atoms with Crippen LogP contribution in [-0.2, 0) is 16.0 Å². The van der Waals surface area contributed by atoms with Crippen LogP contribution in [0.4, 0.5) is 10.8 Å². The molecule has 3 atom stereocenters. The van der Waals surface area contributed by atoms with E-state index in [1.807, 2.05) is 43.5 Å². The molecule has 0 saturated heterocycles. The van der Waals surface area contributed by atoms with Gasteiger partial charge in [0, 0.05) is 35.8 Å². The number of ether oxygens (including phenoxy) is 3. The molecular weight excluding hydrogens is 618 g/mol. The molecule has 0 fully saturated rings. The largest absolute Gasteiger partial charge is 0.493 e. The number of anilines is 2. The number of rotatable bonds is 11. The summed E-state index contributed by atoms with van der Waals surface area (Å²) in [5, 5.41) is 11.5. The van der Waals surface area contributed by atoms with Crippen LogP contribution < -0.4 is 35.6 Å². The van der Waals surface area contributed by atoms with Gasteiger partial charge in [0.15, 0.2) is 16.6 Å². The van der Waals surface area contributed by atoms with E-state index in [2.05, 4.69) is 25.9 Å². The minimum absolute atomic E-state index is 0.125. The zero-order valence-electron chi connectivity index (χ0n) is 27.3. The average molecular weight is 658 g/mol. The van der Waals surface area contributed by atoms with Crippen LogP contribution >= 0.6 is 11.3 Å². The summed E-state index contributed by atoms with van der Waals surface area (Å²) in [7, 11) is 4.66. The second-order valence-electron chi connectivity index (χ2n) is 11.4. The molecule has 3 N–H and O–H groups in total.